The fourth-order valence-corrected chi connectivity index (χ4v) is 8.76. The van der Waals surface area contributed by atoms with Gasteiger partial charge in [0, 0.05) is 0 Å². The van der Waals surface area contributed by atoms with Crippen LogP contribution in [-0.2, 0) is 0 Å². The molecule has 4 aliphatic rings. The van der Waals surface area contributed by atoms with Crippen LogP contribution < -0.4 is 0 Å². The van der Waals surface area contributed by atoms with Gasteiger partial charge in [-0.25, -0.2) is 0 Å². The van der Waals surface area contributed by atoms with Crippen molar-refractivity contribution in [2.24, 2.45) is 46.3 Å². The van der Waals surface area contributed by atoms with Gasteiger partial charge in [0.2, 0.25) is 0 Å². The summed E-state index contributed by atoms with van der Waals surface area (Å²) in [5.41, 5.74) is 1.19. The maximum absolute atomic E-state index is 10.2. The predicted octanol–water partition coefficient (Wildman–Crippen LogP) is 8.25. The standard InChI is InChI=1S/C26H46O.C2H6/c1-18(2)7-5-6-8-19-10-12-23-22-11-9-20-17-21(27)13-15-26(20,4)24(22)14-16-25(19,23)3;1-2/h18-24,27H,5-17H2,1-4H3;1-2H3. The number of aliphatic hydroxyl groups is 1. The monoisotopic (exact) mass is 404 g/mol. The summed E-state index contributed by atoms with van der Waals surface area (Å²) < 4.78 is 0. The number of fused-ring (bicyclic) bond motifs is 5. The molecule has 4 rings (SSSR count). The van der Waals surface area contributed by atoms with Gasteiger partial charge < -0.3 is 5.11 Å². The van der Waals surface area contributed by atoms with Gasteiger partial charge in [0.05, 0.1) is 6.10 Å². The van der Waals surface area contributed by atoms with Crippen LogP contribution in [0.25, 0.3) is 0 Å². The summed E-state index contributed by atoms with van der Waals surface area (Å²) in [7, 11) is 0. The number of aliphatic hydroxyl groups excluding tert-OH is 1. The summed E-state index contributed by atoms with van der Waals surface area (Å²) in [4.78, 5) is 0. The Morgan fingerprint density at radius 3 is 2.24 bits per heavy atom. The van der Waals surface area contributed by atoms with Gasteiger partial charge in [0.25, 0.3) is 0 Å². The topological polar surface area (TPSA) is 20.2 Å². The van der Waals surface area contributed by atoms with Crippen LogP contribution >= 0.6 is 0 Å². The number of rotatable bonds is 5. The van der Waals surface area contributed by atoms with Gasteiger partial charge in [-0.3, -0.25) is 0 Å². The maximum atomic E-state index is 10.2. The van der Waals surface area contributed by atoms with E-state index in [4.69, 9.17) is 0 Å². The minimum atomic E-state index is -0.00446. The van der Waals surface area contributed by atoms with Crippen LogP contribution in [0.5, 0.6) is 0 Å². The van der Waals surface area contributed by atoms with E-state index in [-0.39, 0.29) is 6.10 Å². The van der Waals surface area contributed by atoms with E-state index in [0.717, 1.165) is 48.3 Å². The molecule has 170 valence electrons. The second-order valence-electron chi connectivity index (χ2n) is 12.1. The smallest absolute Gasteiger partial charge is 0.0543 e. The van der Waals surface area contributed by atoms with E-state index < -0.39 is 0 Å². The number of hydrogen-bond donors (Lipinski definition) is 1. The summed E-state index contributed by atoms with van der Waals surface area (Å²) in [5.74, 6) is 5.66. The molecule has 0 radical (unpaired) electrons. The van der Waals surface area contributed by atoms with E-state index in [0.29, 0.717) is 10.8 Å². The molecule has 4 fully saturated rings. The molecule has 4 saturated carbocycles. The molecule has 1 heteroatoms. The van der Waals surface area contributed by atoms with Crippen molar-refractivity contribution in [3.8, 4) is 0 Å². The third-order valence-corrected chi connectivity index (χ3v) is 10.4. The quantitative estimate of drug-likeness (QED) is 0.457. The maximum Gasteiger partial charge on any atom is 0.0543 e. The van der Waals surface area contributed by atoms with Gasteiger partial charge in [0.15, 0.2) is 0 Å². The lowest BCUT2D eigenvalue weighted by Crippen LogP contribution is -2.53. The summed E-state index contributed by atoms with van der Waals surface area (Å²) >= 11 is 0. The molecule has 0 saturated heterocycles. The molecule has 0 amide bonds. The summed E-state index contributed by atoms with van der Waals surface area (Å²) in [6.07, 6.45) is 18.2. The Hall–Kier alpha value is -0.0400. The molecule has 8 unspecified atom stereocenters. The largest absolute Gasteiger partial charge is 0.393 e. The van der Waals surface area contributed by atoms with Gasteiger partial charge >= 0.3 is 0 Å². The van der Waals surface area contributed by atoms with Crippen LogP contribution in [0, 0.1) is 46.3 Å². The lowest BCUT2D eigenvalue weighted by Gasteiger charge is -2.61. The molecule has 4 aliphatic carbocycles. The molecular weight excluding hydrogens is 352 g/mol. The Labute approximate surface area is 182 Å². The highest BCUT2D eigenvalue weighted by Crippen LogP contribution is 2.67. The Kier molecular flexibility index (Phi) is 7.84. The summed E-state index contributed by atoms with van der Waals surface area (Å²) in [6.45, 7) is 14.1. The van der Waals surface area contributed by atoms with Gasteiger partial charge in [-0.2, -0.15) is 0 Å². The molecular formula is C28H52O. The fraction of sp³-hybridized carbons (Fsp3) is 1.00. The van der Waals surface area contributed by atoms with E-state index in [2.05, 4.69) is 27.7 Å². The summed E-state index contributed by atoms with van der Waals surface area (Å²) in [6, 6.07) is 0. The average molecular weight is 405 g/mol. The van der Waals surface area contributed by atoms with Crippen LogP contribution in [0.2, 0.25) is 0 Å². The zero-order valence-electron chi connectivity index (χ0n) is 20.7. The van der Waals surface area contributed by atoms with Crippen LogP contribution in [0.4, 0.5) is 0 Å². The Bertz CT molecular complexity index is 512. The Balaban J connectivity index is 0.00000117. The minimum absolute atomic E-state index is 0.00446. The van der Waals surface area contributed by atoms with Crippen LogP contribution in [0.3, 0.4) is 0 Å². The van der Waals surface area contributed by atoms with Crippen molar-refractivity contribution in [3.05, 3.63) is 0 Å². The van der Waals surface area contributed by atoms with E-state index in [9.17, 15) is 5.11 Å². The van der Waals surface area contributed by atoms with Crippen molar-refractivity contribution in [1.29, 1.82) is 0 Å². The highest BCUT2D eigenvalue weighted by Gasteiger charge is 2.59. The van der Waals surface area contributed by atoms with Gasteiger partial charge in [0.1, 0.15) is 0 Å². The molecule has 0 aromatic heterocycles. The molecule has 0 bridgehead atoms. The van der Waals surface area contributed by atoms with Crippen molar-refractivity contribution in [3.63, 3.8) is 0 Å². The SMILES string of the molecule is CC.CC(C)CCCCC1CCC2C3CCC4CC(O)CCC4(C)C3CCC12C. The van der Waals surface area contributed by atoms with Gasteiger partial charge in [-0.05, 0) is 111 Å². The average Bonchev–Trinajstić information content (AvgIpc) is 3.03. The van der Waals surface area contributed by atoms with E-state index in [1.807, 2.05) is 13.8 Å². The predicted molar refractivity (Wildman–Crippen MR) is 126 cm³/mol. The number of hydrogen-bond acceptors (Lipinski definition) is 1. The fourth-order valence-electron chi connectivity index (χ4n) is 8.76. The van der Waals surface area contributed by atoms with E-state index in [1.165, 1.54) is 70.6 Å². The third kappa shape index (κ3) is 4.47. The van der Waals surface area contributed by atoms with Crippen molar-refractivity contribution in [2.45, 2.75) is 131 Å². The lowest BCUT2D eigenvalue weighted by atomic mass is 9.44. The second kappa shape index (κ2) is 9.62. The molecule has 0 aliphatic heterocycles. The first-order valence-corrected chi connectivity index (χ1v) is 13.5. The lowest BCUT2D eigenvalue weighted by molar-refractivity contribution is -0.127. The molecule has 1 N–H and O–H groups in total. The first-order chi connectivity index (χ1) is 13.8. The summed E-state index contributed by atoms with van der Waals surface area (Å²) in [5, 5.41) is 10.2. The first-order valence-electron chi connectivity index (χ1n) is 13.5. The van der Waals surface area contributed by atoms with E-state index in [1.54, 1.807) is 0 Å². The van der Waals surface area contributed by atoms with Crippen molar-refractivity contribution in [1.82, 2.24) is 0 Å². The van der Waals surface area contributed by atoms with Crippen LogP contribution in [-0.4, -0.2) is 11.2 Å². The zero-order chi connectivity index (χ0) is 21.2. The van der Waals surface area contributed by atoms with Crippen molar-refractivity contribution < 1.29 is 5.11 Å². The molecule has 0 aromatic rings. The van der Waals surface area contributed by atoms with Gasteiger partial charge in [-0.1, -0.05) is 60.8 Å². The van der Waals surface area contributed by atoms with Crippen molar-refractivity contribution in [2.75, 3.05) is 0 Å². The normalized spacial score (nSPS) is 46.3. The minimum Gasteiger partial charge on any atom is -0.393 e. The highest BCUT2D eigenvalue weighted by atomic mass is 16.3. The van der Waals surface area contributed by atoms with Crippen LogP contribution in [0.15, 0.2) is 0 Å². The molecule has 1 nitrogen and oxygen atoms in total. The third-order valence-electron chi connectivity index (χ3n) is 10.4. The first kappa shape index (κ1) is 23.6. The van der Waals surface area contributed by atoms with Crippen molar-refractivity contribution >= 4 is 0 Å². The van der Waals surface area contributed by atoms with Gasteiger partial charge in [-0.15, -0.1) is 0 Å². The molecule has 0 aromatic carbocycles. The number of unbranched alkanes of at least 4 members (excludes halogenated alkanes) is 1. The molecule has 29 heavy (non-hydrogen) atoms. The molecule has 0 heterocycles. The molecule has 0 spiro atoms. The highest BCUT2D eigenvalue weighted by molar-refractivity contribution is 5.09. The van der Waals surface area contributed by atoms with E-state index >= 15 is 0 Å². The zero-order valence-corrected chi connectivity index (χ0v) is 20.7. The molecule has 8 atom stereocenters. The Morgan fingerprint density at radius 1 is 0.828 bits per heavy atom. The second-order valence-corrected chi connectivity index (χ2v) is 12.1. The Morgan fingerprint density at radius 2 is 1.52 bits per heavy atom. The van der Waals surface area contributed by atoms with Crippen LogP contribution in [0.1, 0.15) is 125 Å².